The average molecular weight is 291 g/mol. The van der Waals surface area contributed by atoms with Crippen LogP contribution in [0.3, 0.4) is 0 Å². The number of aliphatic carboxylic acids is 1. The summed E-state index contributed by atoms with van der Waals surface area (Å²) in [6, 6.07) is 0. The van der Waals surface area contributed by atoms with Gasteiger partial charge >= 0.3 is 57.4 Å². The molecule has 0 heterocycles. The first kappa shape index (κ1) is 21.4. The van der Waals surface area contributed by atoms with E-state index in [1.807, 2.05) is 0 Å². The number of unbranched alkanes of at least 4 members (excludes halogenated alkanes) is 4. The summed E-state index contributed by atoms with van der Waals surface area (Å²) in [7, 11) is 0. The number of carbonyl (C=O) groups is 1. The Hall–Kier alpha value is 0.0564. The first-order valence-electron chi connectivity index (χ1n) is 6.44. The second-order valence-corrected chi connectivity index (χ2v) is 4.00. The molecule has 0 unspecified atom stereocenters. The van der Waals surface area contributed by atoms with Gasteiger partial charge in [-0.05, 0) is 37.7 Å². The molecule has 0 saturated heterocycles. The maximum atomic E-state index is 11.0. The minimum atomic E-state index is -1.13. The first-order chi connectivity index (χ1) is 8.66. The van der Waals surface area contributed by atoms with Gasteiger partial charge in [-0.2, -0.15) is 0 Å². The zero-order chi connectivity index (χ0) is 13.6. The van der Waals surface area contributed by atoms with Crippen LogP contribution in [0.1, 0.15) is 45.4 Å². The zero-order valence-corrected chi connectivity index (χ0v) is 15.1. The van der Waals surface area contributed by atoms with Crippen molar-refractivity contribution in [3.05, 3.63) is 24.3 Å². The van der Waals surface area contributed by atoms with Gasteiger partial charge in [-0.1, -0.05) is 31.9 Å². The number of carboxylic acids is 1. The van der Waals surface area contributed by atoms with Crippen LogP contribution in [0.25, 0.3) is 0 Å². The van der Waals surface area contributed by atoms with Crippen LogP contribution in [-0.4, -0.2) is 23.5 Å². The summed E-state index contributed by atoms with van der Waals surface area (Å²) >= 11 is 0. The van der Waals surface area contributed by atoms with Crippen LogP contribution in [0.15, 0.2) is 29.3 Å². The summed E-state index contributed by atoms with van der Waals surface area (Å²) in [4.78, 5) is 13.9. The number of hydrogen-bond acceptors (Lipinski definition) is 3. The Bertz CT molecular complexity index is 312. The van der Waals surface area contributed by atoms with Gasteiger partial charge in [0.25, 0.3) is 0 Å². The molecule has 19 heavy (non-hydrogen) atoms. The Morgan fingerprint density at radius 3 is 2.37 bits per heavy atom. The Kier molecular flexibility index (Phi) is 18.1. The predicted octanol–water partition coefficient (Wildman–Crippen LogP) is -0.693. The molecule has 102 valence electrons. The van der Waals surface area contributed by atoms with Crippen LogP contribution in [0.5, 0.6) is 0 Å². The van der Waals surface area contributed by atoms with Crippen molar-refractivity contribution in [2.24, 2.45) is 4.99 Å². The molecule has 0 spiro atoms. The van der Waals surface area contributed by atoms with E-state index in [4.69, 9.17) is 5.11 Å². The quantitative estimate of drug-likeness (QED) is 0.145. The van der Waals surface area contributed by atoms with E-state index in [-0.39, 0.29) is 51.4 Å². The van der Waals surface area contributed by atoms with Gasteiger partial charge in [-0.15, -0.1) is 0 Å². The average Bonchev–Trinajstić information content (AvgIpc) is 2.34. The van der Waals surface area contributed by atoms with Gasteiger partial charge in [0.05, 0.1) is 0 Å². The summed E-state index contributed by atoms with van der Waals surface area (Å²) in [5.74, 6) is -1.60. The molecule has 0 aromatic heterocycles. The third-order valence-electron chi connectivity index (χ3n) is 2.31. The molecule has 0 aliphatic heterocycles. The maximum absolute atomic E-state index is 11.0. The van der Waals surface area contributed by atoms with Crippen LogP contribution < -0.4 is 56.5 Å². The predicted molar refractivity (Wildman–Crippen MR) is 71.6 cm³/mol. The van der Waals surface area contributed by atoms with Gasteiger partial charge in [-0.25, -0.2) is 4.79 Å². The van der Waals surface area contributed by atoms with Crippen LogP contribution >= 0.6 is 0 Å². The first-order valence-corrected chi connectivity index (χ1v) is 6.44. The smallest absolute Gasteiger partial charge is 0.859 e. The van der Waals surface area contributed by atoms with Gasteiger partial charge in [0, 0.05) is 12.6 Å². The van der Waals surface area contributed by atoms with E-state index >= 15 is 0 Å². The minimum absolute atomic E-state index is 0. The van der Waals surface area contributed by atoms with Gasteiger partial charge < -0.3 is 15.2 Å². The summed E-state index contributed by atoms with van der Waals surface area (Å²) in [5.41, 5.74) is 0. The molecular weight excluding hydrogens is 269 g/mol. The van der Waals surface area contributed by atoms with E-state index in [9.17, 15) is 9.90 Å². The van der Waals surface area contributed by atoms with Crippen molar-refractivity contribution < 1.29 is 66.4 Å². The summed E-state index contributed by atoms with van der Waals surface area (Å²) in [6.07, 6.45) is 12.6. The molecule has 0 amide bonds. The molecule has 0 radical (unpaired) electrons. The monoisotopic (exact) mass is 291 g/mol. The maximum Gasteiger partial charge on any atom is 1.00 e. The molecule has 0 aromatic rings. The third kappa shape index (κ3) is 18.1. The van der Waals surface area contributed by atoms with Crippen molar-refractivity contribution in [1.29, 1.82) is 0 Å². The molecule has 0 atom stereocenters. The molecule has 0 aliphatic carbocycles. The van der Waals surface area contributed by atoms with Gasteiger partial charge in [-0.3, -0.25) is 0 Å². The van der Waals surface area contributed by atoms with E-state index in [2.05, 4.69) is 24.1 Å². The molecule has 1 N–H and O–H groups in total. The fourth-order valence-electron chi connectivity index (χ4n) is 1.32. The van der Waals surface area contributed by atoms with E-state index in [0.717, 1.165) is 37.8 Å². The molecule has 0 saturated carbocycles. The normalized spacial score (nSPS) is 11.9. The molecule has 0 bridgehead atoms. The van der Waals surface area contributed by atoms with Crippen molar-refractivity contribution >= 4 is 11.9 Å². The van der Waals surface area contributed by atoms with Crippen LogP contribution in [0.2, 0.25) is 0 Å². The number of allylic oxidation sites excluding steroid dienone is 2. The van der Waals surface area contributed by atoms with Crippen molar-refractivity contribution in [2.45, 2.75) is 45.4 Å². The number of rotatable bonds is 10. The molecule has 0 aliphatic rings. The fraction of sp³-hybridized carbons (Fsp3) is 0.571. The number of nitrogens with zero attached hydrogens (tertiary/aromatic N) is 1. The molecule has 0 rings (SSSR count). The van der Waals surface area contributed by atoms with Crippen LogP contribution in [-0.2, 0) is 4.79 Å². The van der Waals surface area contributed by atoms with Gasteiger partial charge in [0.15, 0.2) is 0 Å². The fourth-order valence-corrected chi connectivity index (χ4v) is 1.32. The molecule has 4 nitrogen and oxygen atoms in total. The minimum Gasteiger partial charge on any atom is -0.859 e. The van der Waals surface area contributed by atoms with Crippen molar-refractivity contribution in [3.8, 4) is 0 Å². The second-order valence-electron chi connectivity index (χ2n) is 4.00. The van der Waals surface area contributed by atoms with E-state index in [1.54, 1.807) is 0 Å². The zero-order valence-electron chi connectivity index (χ0n) is 12.0. The van der Waals surface area contributed by atoms with Crippen molar-refractivity contribution in [2.75, 3.05) is 6.54 Å². The topological polar surface area (TPSA) is 72.7 Å². The molecule has 5 heteroatoms. The second kappa shape index (κ2) is 16.1. The van der Waals surface area contributed by atoms with Gasteiger partial charge in [0.2, 0.25) is 0 Å². The number of hydrogen-bond donors (Lipinski definition) is 1. The summed E-state index contributed by atoms with van der Waals surface area (Å²) in [6.45, 7) is 2.64. The number of carboxylic acid groups (broad SMARTS) is 1. The Labute approximate surface area is 158 Å². The van der Waals surface area contributed by atoms with E-state index < -0.39 is 11.9 Å². The van der Waals surface area contributed by atoms with Crippen LogP contribution in [0.4, 0.5) is 0 Å². The van der Waals surface area contributed by atoms with Crippen LogP contribution in [0, 0.1) is 0 Å². The molecular formula is C14H22KNO3. The Morgan fingerprint density at radius 1 is 1.16 bits per heavy atom. The molecule has 0 aromatic carbocycles. The van der Waals surface area contributed by atoms with Crippen molar-refractivity contribution in [3.63, 3.8) is 0 Å². The third-order valence-corrected chi connectivity index (χ3v) is 2.31. The molecule has 0 fully saturated rings. The summed E-state index contributed by atoms with van der Waals surface area (Å²) in [5, 5.41) is 19.3. The standard InChI is InChI=1S/C14H23NO3.K/c1-2-3-4-5-6-7-8-9-12-15-13(16)10-11-14(17)18;/h5-6,10-11H,2-4,7-9,12H2,1H3,(H,15,16)(H,17,18);/q;+1/p-1/b6-5+,11-10+;. The largest absolute Gasteiger partial charge is 1.00 e. The number of aliphatic imine (C=N–C) groups is 1. The van der Waals surface area contributed by atoms with Crippen molar-refractivity contribution in [1.82, 2.24) is 0 Å². The van der Waals surface area contributed by atoms with E-state index in [0.29, 0.717) is 6.54 Å². The SMILES string of the molecule is CCCC/C=C/CCCCN=C([O-])/C=C/C(=O)O.[K+]. The van der Waals surface area contributed by atoms with E-state index in [1.165, 1.54) is 12.8 Å². The Balaban J connectivity index is 0. The van der Waals surface area contributed by atoms with Gasteiger partial charge in [0.1, 0.15) is 0 Å². The summed E-state index contributed by atoms with van der Waals surface area (Å²) < 4.78 is 0. The Morgan fingerprint density at radius 2 is 1.79 bits per heavy atom.